The maximum atomic E-state index is 12.6. The molecule has 3 rings (SSSR count). The fourth-order valence-electron chi connectivity index (χ4n) is 2.62. The van der Waals surface area contributed by atoms with Crippen LogP contribution in [0.2, 0.25) is 0 Å². The molecule has 2 heterocycles. The van der Waals surface area contributed by atoms with Crippen LogP contribution in [-0.2, 0) is 0 Å². The van der Waals surface area contributed by atoms with Crippen LogP contribution in [0.5, 0.6) is 0 Å². The summed E-state index contributed by atoms with van der Waals surface area (Å²) in [4.78, 5) is 18.7. The number of carbonyl (C=O) groups is 1. The van der Waals surface area contributed by atoms with Gasteiger partial charge in [0, 0.05) is 37.9 Å². The molecule has 21 heavy (non-hydrogen) atoms. The molecule has 0 atom stereocenters. The normalized spacial score (nSPS) is 15.0. The number of amides is 1. The van der Waals surface area contributed by atoms with Gasteiger partial charge in [0.15, 0.2) is 0 Å². The number of aromatic nitrogens is 1. The van der Waals surface area contributed by atoms with E-state index in [9.17, 15) is 4.79 Å². The second kappa shape index (κ2) is 6.06. The molecule has 1 saturated heterocycles. The fourth-order valence-corrected chi connectivity index (χ4v) is 2.62. The maximum absolute atomic E-state index is 12.6. The summed E-state index contributed by atoms with van der Waals surface area (Å²) < 4.78 is 0. The largest absolute Gasteiger partial charge is 0.336 e. The summed E-state index contributed by atoms with van der Waals surface area (Å²) in [5, 5.41) is 3.26. The van der Waals surface area contributed by atoms with Crippen LogP contribution < -0.4 is 5.32 Å². The third-order valence-electron chi connectivity index (χ3n) is 3.85. The van der Waals surface area contributed by atoms with E-state index in [1.165, 1.54) is 0 Å². The molecule has 1 aromatic heterocycles. The molecule has 1 radical (unpaired) electrons. The average molecular weight is 280 g/mol. The van der Waals surface area contributed by atoms with Gasteiger partial charge in [-0.3, -0.25) is 9.78 Å². The quantitative estimate of drug-likeness (QED) is 0.914. The van der Waals surface area contributed by atoms with Crippen LogP contribution in [-0.4, -0.2) is 42.0 Å². The molecule has 1 fully saturated rings. The van der Waals surface area contributed by atoms with Gasteiger partial charge in [-0.2, -0.15) is 0 Å². The average Bonchev–Trinajstić information content (AvgIpc) is 2.56. The number of pyridine rings is 1. The van der Waals surface area contributed by atoms with Crippen LogP contribution in [0.1, 0.15) is 15.9 Å². The van der Waals surface area contributed by atoms with Crippen molar-refractivity contribution in [2.24, 2.45) is 0 Å². The third-order valence-corrected chi connectivity index (χ3v) is 3.85. The summed E-state index contributed by atoms with van der Waals surface area (Å²) in [5.74, 6) is 0.0627. The van der Waals surface area contributed by atoms with Gasteiger partial charge in [0.1, 0.15) is 0 Å². The summed E-state index contributed by atoms with van der Waals surface area (Å²) in [6.07, 6.45) is 4.65. The zero-order valence-corrected chi connectivity index (χ0v) is 12.1. The Morgan fingerprint density at radius 3 is 2.67 bits per heavy atom. The Morgan fingerprint density at radius 2 is 1.95 bits per heavy atom. The predicted octanol–water partition coefficient (Wildman–Crippen LogP) is 1.90. The van der Waals surface area contributed by atoms with Gasteiger partial charge in [0.2, 0.25) is 0 Å². The Hall–Kier alpha value is -2.20. The van der Waals surface area contributed by atoms with Crippen molar-refractivity contribution in [3.63, 3.8) is 0 Å². The molecular weight excluding hydrogens is 262 g/mol. The highest BCUT2D eigenvalue weighted by molar-refractivity contribution is 5.97. The molecule has 0 spiro atoms. The lowest BCUT2D eigenvalue weighted by atomic mass is 9.99. The Balaban J connectivity index is 1.95. The lowest BCUT2D eigenvalue weighted by Gasteiger charge is -2.28. The van der Waals surface area contributed by atoms with E-state index in [0.717, 1.165) is 42.9 Å². The van der Waals surface area contributed by atoms with Gasteiger partial charge in [0.25, 0.3) is 5.91 Å². The summed E-state index contributed by atoms with van der Waals surface area (Å²) in [6.45, 7) is 5.16. The first-order valence-corrected chi connectivity index (χ1v) is 7.20. The second-order valence-corrected chi connectivity index (χ2v) is 5.19. The lowest BCUT2D eigenvalue weighted by Crippen LogP contribution is -2.46. The number of hydrogen-bond donors (Lipinski definition) is 1. The van der Waals surface area contributed by atoms with Gasteiger partial charge in [-0.1, -0.05) is 30.3 Å². The molecule has 1 aliphatic heterocycles. The number of nitrogens with one attached hydrogen (secondary N) is 1. The van der Waals surface area contributed by atoms with Crippen LogP contribution >= 0.6 is 0 Å². The zero-order valence-electron chi connectivity index (χ0n) is 12.1. The first kappa shape index (κ1) is 13.8. The molecule has 4 heteroatoms. The third kappa shape index (κ3) is 2.81. The molecule has 0 aliphatic carbocycles. The standard InChI is InChI=1S/C17H18N3O/c1-13-15(14-5-3-2-4-6-14)11-19-12-16(13)17(21)20-9-7-18-8-10-20/h2-6,12,18H,7-10H2,1H3. The zero-order chi connectivity index (χ0) is 14.7. The summed E-state index contributed by atoms with van der Waals surface area (Å²) in [7, 11) is 0. The molecule has 0 bridgehead atoms. The monoisotopic (exact) mass is 280 g/mol. The number of piperazine rings is 1. The first-order chi connectivity index (χ1) is 10.3. The lowest BCUT2D eigenvalue weighted by molar-refractivity contribution is 0.0734. The van der Waals surface area contributed by atoms with Gasteiger partial charge in [-0.05, 0) is 18.1 Å². The minimum Gasteiger partial charge on any atom is -0.336 e. The molecule has 1 aliphatic rings. The van der Waals surface area contributed by atoms with Crippen molar-refractivity contribution >= 4 is 5.91 Å². The topological polar surface area (TPSA) is 45.2 Å². The molecule has 1 aromatic carbocycles. The number of nitrogens with zero attached hydrogens (tertiary/aromatic N) is 2. The highest BCUT2D eigenvalue weighted by atomic mass is 16.2. The van der Waals surface area contributed by atoms with Gasteiger partial charge in [0.05, 0.1) is 11.8 Å². The number of benzene rings is 1. The Labute approximate surface area is 124 Å². The molecule has 0 unspecified atom stereocenters. The van der Waals surface area contributed by atoms with Crippen LogP contribution in [0.25, 0.3) is 11.1 Å². The Morgan fingerprint density at radius 1 is 1.24 bits per heavy atom. The molecule has 2 aromatic rings. The van der Waals surface area contributed by atoms with Gasteiger partial charge >= 0.3 is 0 Å². The van der Waals surface area contributed by atoms with Crippen LogP contribution in [0, 0.1) is 13.1 Å². The van der Waals surface area contributed by atoms with Crippen LogP contribution in [0.15, 0.2) is 36.5 Å². The van der Waals surface area contributed by atoms with E-state index in [1.54, 1.807) is 6.20 Å². The van der Waals surface area contributed by atoms with E-state index in [-0.39, 0.29) is 5.91 Å². The molecule has 4 nitrogen and oxygen atoms in total. The maximum Gasteiger partial charge on any atom is 0.255 e. The fraction of sp³-hybridized carbons (Fsp3) is 0.294. The summed E-state index contributed by atoms with van der Waals surface area (Å²) in [6, 6.07) is 9.96. The van der Waals surface area contributed by atoms with Crippen LogP contribution in [0.3, 0.4) is 0 Å². The van der Waals surface area contributed by atoms with Crippen molar-refractivity contribution in [2.75, 3.05) is 26.2 Å². The molecule has 1 N–H and O–H groups in total. The molecule has 0 saturated carbocycles. The number of hydrogen-bond acceptors (Lipinski definition) is 3. The smallest absolute Gasteiger partial charge is 0.255 e. The highest BCUT2D eigenvalue weighted by Crippen LogP contribution is 2.24. The number of carbonyl (C=O) groups excluding carboxylic acids is 1. The van der Waals surface area contributed by atoms with Crippen LogP contribution in [0.4, 0.5) is 0 Å². The molecule has 1 amide bonds. The summed E-state index contributed by atoms with van der Waals surface area (Å²) >= 11 is 0. The van der Waals surface area contributed by atoms with Crippen molar-refractivity contribution in [1.29, 1.82) is 0 Å². The number of rotatable bonds is 2. The van der Waals surface area contributed by atoms with Crippen molar-refractivity contribution in [3.8, 4) is 11.1 Å². The molecular formula is C17H18N3O. The van der Waals surface area contributed by atoms with E-state index in [2.05, 4.69) is 16.5 Å². The van der Waals surface area contributed by atoms with E-state index < -0.39 is 0 Å². The minimum atomic E-state index is 0.0627. The van der Waals surface area contributed by atoms with Crippen molar-refractivity contribution in [3.05, 3.63) is 53.9 Å². The summed E-state index contributed by atoms with van der Waals surface area (Å²) in [5.41, 5.74) is 3.56. The van der Waals surface area contributed by atoms with E-state index in [0.29, 0.717) is 5.56 Å². The van der Waals surface area contributed by atoms with Crippen molar-refractivity contribution < 1.29 is 4.79 Å². The van der Waals surface area contributed by atoms with E-state index in [1.807, 2.05) is 42.2 Å². The van der Waals surface area contributed by atoms with Crippen molar-refractivity contribution in [2.45, 2.75) is 6.92 Å². The Bertz CT molecular complexity index is 634. The van der Waals surface area contributed by atoms with Crippen molar-refractivity contribution in [1.82, 2.24) is 15.2 Å². The van der Waals surface area contributed by atoms with Gasteiger partial charge in [-0.15, -0.1) is 0 Å². The highest BCUT2D eigenvalue weighted by Gasteiger charge is 2.21. The van der Waals surface area contributed by atoms with E-state index >= 15 is 0 Å². The minimum absolute atomic E-state index is 0.0627. The molecule has 107 valence electrons. The SMILES string of the molecule is Cc1c(-c2ccccc2)[c]ncc1C(=O)N1CCNCC1. The Kier molecular flexibility index (Phi) is 3.97. The predicted molar refractivity (Wildman–Crippen MR) is 82.0 cm³/mol. The second-order valence-electron chi connectivity index (χ2n) is 5.19. The van der Waals surface area contributed by atoms with Gasteiger partial charge < -0.3 is 10.2 Å². The van der Waals surface area contributed by atoms with Gasteiger partial charge in [-0.25, -0.2) is 0 Å². The first-order valence-electron chi connectivity index (χ1n) is 7.20. The van der Waals surface area contributed by atoms with E-state index in [4.69, 9.17) is 0 Å².